The van der Waals surface area contributed by atoms with Gasteiger partial charge in [-0.2, -0.15) is 4.31 Å². The fraction of sp³-hybridized carbons (Fsp3) is 0.429. The monoisotopic (exact) mass is 433 g/mol. The van der Waals surface area contributed by atoms with Gasteiger partial charge in [0.15, 0.2) is 0 Å². The predicted molar refractivity (Wildman–Crippen MR) is 113 cm³/mol. The van der Waals surface area contributed by atoms with Crippen molar-refractivity contribution >= 4 is 21.6 Å². The molecule has 2 aromatic rings. The van der Waals surface area contributed by atoms with E-state index in [1.54, 1.807) is 44.5 Å². The van der Waals surface area contributed by atoms with E-state index in [2.05, 4.69) is 10.3 Å². The number of amides is 1. The van der Waals surface area contributed by atoms with Crippen LogP contribution < -0.4 is 10.1 Å². The zero-order valence-corrected chi connectivity index (χ0v) is 18.1. The molecule has 1 aromatic heterocycles. The average molecular weight is 434 g/mol. The molecule has 2 heterocycles. The van der Waals surface area contributed by atoms with Crippen LogP contribution in [0.4, 0.5) is 5.69 Å². The van der Waals surface area contributed by atoms with Crippen LogP contribution in [-0.4, -0.2) is 57.0 Å². The number of sulfonamides is 1. The number of hydrogen-bond acceptors (Lipinski definition) is 6. The number of carbonyl (C=O) groups is 1. The maximum atomic E-state index is 13.0. The molecule has 1 saturated heterocycles. The molecule has 162 valence electrons. The van der Waals surface area contributed by atoms with E-state index in [4.69, 9.17) is 9.47 Å². The molecule has 1 amide bonds. The Morgan fingerprint density at radius 3 is 2.67 bits per heavy atom. The average Bonchev–Trinajstić information content (AvgIpc) is 2.76. The highest BCUT2D eigenvalue weighted by Crippen LogP contribution is 2.25. The molecular formula is C21H27N3O5S. The number of hydrogen-bond donors (Lipinski definition) is 1. The van der Waals surface area contributed by atoms with Crippen LogP contribution in [-0.2, 0) is 14.8 Å². The zero-order valence-electron chi connectivity index (χ0n) is 17.3. The van der Waals surface area contributed by atoms with Gasteiger partial charge in [0, 0.05) is 32.0 Å². The van der Waals surface area contributed by atoms with E-state index in [9.17, 15) is 13.2 Å². The first kappa shape index (κ1) is 22.2. The maximum absolute atomic E-state index is 13.0. The summed E-state index contributed by atoms with van der Waals surface area (Å²) in [4.78, 5) is 17.2. The van der Waals surface area contributed by atoms with Gasteiger partial charge >= 0.3 is 0 Å². The van der Waals surface area contributed by atoms with Crippen LogP contribution >= 0.6 is 0 Å². The molecule has 1 aromatic carbocycles. The number of benzene rings is 1. The second-order valence-electron chi connectivity index (χ2n) is 7.09. The van der Waals surface area contributed by atoms with Gasteiger partial charge in [-0.05, 0) is 49.6 Å². The van der Waals surface area contributed by atoms with Gasteiger partial charge in [0.1, 0.15) is 12.3 Å². The SMILES string of the molecule is COCCOc1ncccc1NC(=O)c1cc(S(=O)(=O)N2CCCCC2)ccc1C. The Labute approximate surface area is 177 Å². The molecule has 0 radical (unpaired) electrons. The number of nitrogens with zero attached hydrogens (tertiary/aromatic N) is 2. The van der Waals surface area contributed by atoms with Gasteiger partial charge in [-0.3, -0.25) is 4.79 Å². The largest absolute Gasteiger partial charge is 0.474 e. The van der Waals surface area contributed by atoms with Crippen molar-refractivity contribution in [3.8, 4) is 5.88 Å². The zero-order chi connectivity index (χ0) is 21.6. The first-order valence-electron chi connectivity index (χ1n) is 9.92. The number of carbonyl (C=O) groups excluding carboxylic acids is 1. The van der Waals surface area contributed by atoms with Gasteiger partial charge in [0.2, 0.25) is 15.9 Å². The Bertz CT molecular complexity index is 988. The van der Waals surface area contributed by atoms with E-state index in [0.29, 0.717) is 43.1 Å². The van der Waals surface area contributed by atoms with Gasteiger partial charge < -0.3 is 14.8 Å². The third-order valence-electron chi connectivity index (χ3n) is 4.95. The maximum Gasteiger partial charge on any atom is 0.256 e. The molecule has 0 aliphatic carbocycles. The molecule has 0 saturated carbocycles. The van der Waals surface area contributed by atoms with Crippen molar-refractivity contribution < 1.29 is 22.7 Å². The molecule has 0 spiro atoms. The quantitative estimate of drug-likeness (QED) is 0.643. The van der Waals surface area contributed by atoms with Crippen LogP contribution in [0.5, 0.6) is 5.88 Å². The Morgan fingerprint density at radius 1 is 1.17 bits per heavy atom. The number of aryl methyl sites for hydroxylation is 1. The first-order valence-corrected chi connectivity index (χ1v) is 11.4. The Kier molecular flexibility index (Phi) is 7.41. The third-order valence-corrected chi connectivity index (χ3v) is 6.85. The molecule has 30 heavy (non-hydrogen) atoms. The van der Waals surface area contributed by atoms with Crippen LogP contribution in [0.2, 0.25) is 0 Å². The standard InChI is InChI=1S/C21H27N3O5S/c1-16-8-9-17(30(26,27)24-11-4-3-5-12-24)15-18(16)20(25)23-19-7-6-10-22-21(19)29-14-13-28-2/h6-10,15H,3-5,11-14H2,1-2H3,(H,23,25). The fourth-order valence-electron chi connectivity index (χ4n) is 3.27. The van der Waals surface area contributed by atoms with Gasteiger partial charge in [-0.1, -0.05) is 12.5 Å². The summed E-state index contributed by atoms with van der Waals surface area (Å²) in [5, 5.41) is 2.78. The predicted octanol–water partition coefficient (Wildman–Crippen LogP) is 2.84. The summed E-state index contributed by atoms with van der Waals surface area (Å²) >= 11 is 0. The molecule has 0 atom stereocenters. The first-order chi connectivity index (χ1) is 14.4. The van der Waals surface area contributed by atoms with E-state index < -0.39 is 15.9 Å². The minimum atomic E-state index is -3.63. The minimum absolute atomic E-state index is 0.128. The number of ether oxygens (including phenoxy) is 2. The lowest BCUT2D eigenvalue weighted by atomic mass is 10.1. The van der Waals surface area contributed by atoms with Gasteiger partial charge in [0.05, 0.1) is 11.5 Å². The summed E-state index contributed by atoms with van der Waals surface area (Å²) < 4.78 is 38.0. The third kappa shape index (κ3) is 5.16. The lowest BCUT2D eigenvalue weighted by Crippen LogP contribution is -2.35. The normalized spacial score (nSPS) is 15.0. The highest BCUT2D eigenvalue weighted by Gasteiger charge is 2.27. The molecule has 1 N–H and O–H groups in total. The molecule has 1 aliphatic heterocycles. The van der Waals surface area contributed by atoms with E-state index in [1.165, 1.54) is 10.4 Å². The summed E-state index contributed by atoms with van der Waals surface area (Å²) in [7, 11) is -2.06. The summed E-state index contributed by atoms with van der Waals surface area (Å²) in [5.41, 5.74) is 1.37. The van der Waals surface area contributed by atoms with Crippen molar-refractivity contribution in [3.63, 3.8) is 0 Å². The molecule has 0 bridgehead atoms. The fourth-order valence-corrected chi connectivity index (χ4v) is 4.82. The smallest absolute Gasteiger partial charge is 0.256 e. The van der Waals surface area contributed by atoms with Gasteiger partial charge in [-0.25, -0.2) is 13.4 Å². The number of nitrogens with one attached hydrogen (secondary N) is 1. The van der Waals surface area contributed by atoms with E-state index >= 15 is 0 Å². The molecule has 0 unspecified atom stereocenters. The van der Waals surface area contributed by atoms with Crippen molar-refractivity contribution in [2.45, 2.75) is 31.1 Å². The topological polar surface area (TPSA) is 97.8 Å². The van der Waals surface area contributed by atoms with E-state index in [0.717, 1.165) is 19.3 Å². The van der Waals surface area contributed by atoms with Crippen molar-refractivity contribution in [3.05, 3.63) is 47.7 Å². The molecule has 1 fully saturated rings. The van der Waals surface area contributed by atoms with Crippen LogP contribution in [0.1, 0.15) is 35.2 Å². The molecule has 9 heteroatoms. The summed E-state index contributed by atoms with van der Waals surface area (Å²) in [6.45, 7) is 3.47. The van der Waals surface area contributed by atoms with Crippen molar-refractivity contribution in [1.82, 2.24) is 9.29 Å². The van der Waals surface area contributed by atoms with Crippen LogP contribution in [0.25, 0.3) is 0 Å². The number of anilines is 1. The van der Waals surface area contributed by atoms with Crippen LogP contribution in [0.15, 0.2) is 41.4 Å². The second kappa shape index (κ2) is 10.0. The summed E-state index contributed by atoms with van der Waals surface area (Å²) in [5.74, 6) is -0.148. The molecule has 8 nitrogen and oxygen atoms in total. The summed E-state index contributed by atoms with van der Waals surface area (Å²) in [6, 6.07) is 8.01. The van der Waals surface area contributed by atoms with Crippen molar-refractivity contribution in [2.24, 2.45) is 0 Å². The number of piperidine rings is 1. The van der Waals surface area contributed by atoms with Crippen molar-refractivity contribution in [2.75, 3.05) is 38.7 Å². The second-order valence-corrected chi connectivity index (χ2v) is 9.03. The molecule has 3 rings (SSSR count). The van der Waals surface area contributed by atoms with E-state index in [1.807, 2.05) is 0 Å². The van der Waals surface area contributed by atoms with Gasteiger partial charge in [-0.15, -0.1) is 0 Å². The molecule has 1 aliphatic rings. The molecular weight excluding hydrogens is 406 g/mol. The lowest BCUT2D eigenvalue weighted by Gasteiger charge is -2.26. The Balaban J connectivity index is 1.83. The number of rotatable bonds is 8. The highest BCUT2D eigenvalue weighted by molar-refractivity contribution is 7.89. The Hall–Kier alpha value is -2.49. The van der Waals surface area contributed by atoms with E-state index in [-0.39, 0.29) is 10.8 Å². The lowest BCUT2D eigenvalue weighted by molar-refractivity contribution is 0.102. The number of aromatic nitrogens is 1. The minimum Gasteiger partial charge on any atom is -0.474 e. The number of pyridine rings is 1. The number of methoxy groups -OCH3 is 1. The Morgan fingerprint density at radius 2 is 1.93 bits per heavy atom. The summed E-state index contributed by atoms with van der Waals surface area (Å²) in [6.07, 6.45) is 4.30. The van der Waals surface area contributed by atoms with Crippen molar-refractivity contribution in [1.29, 1.82) is 0 Å². The van der Waals surface area contributed by atoms with Crippen LogP contribution in [0, 0.1) is 6.92 Å². The van der Waals surface area contributed by atoms with Crippen LogP contribution in [0.3, 0.4) is 0 Å². The van der Waals surface area contributed by atoms with Gasteiger partial charge in [0.25, 0.3) is 5.91 Å². The highest BCUT2D eigenvalue weighted by atomic mass is 32.2.